The molecular weight excluding hydrogens is 270 g/mol. The minimum absolute atomic E-state index is 0.473. The van der Waals surface area contributed by atoms with E-state index >= 15 is 0 Å². The van der Waals surface area contributed by atoms with Crippen LogP contribution >= 0.6 is 11.3 Å². The molecule has 0 aromatic carbocycles. The van der Waals surface area contributed by atoms with Crippen LogP contribution in [0.2, 0.25) is 0 Å². The van der Waals surface area contributed by atoms with Gasteiger partial charge in [-0.05, 0) is 31.9 Å². The molecule has 0 amide bonds. The summed E-state index contributed by atoms with van der Waals surface area (Å²) in [5, 5.41) is 4.62. The molecule has 3 rings (SSSR count). The van der Waals surface area contributed by atoms with E-state index in [9.17, 15) is 0 Å². The predicted molar refractivity (Wildman–Crippen MR) is 81.3 cm³/mol. The van der Waals surface area contributed by atoms with Crippen LogP contribution in [0.15, 0.2) is 18.3 Å². The van der Waals surface area contributed by atoms with Crippen LogP contribution in [0.5, 0.6) is 5.88 Å². The first-order chi connectivity index (χ1) is 9.81. The predicted octanol–water partition coefficient (Wildman–Crippen LogP) is 3.20. The first-order valence-electron chi connectivity index (χ1n) is 7.05. The minimum Gasteiger partial charge on any atom is -0.481 e. The second-order valence-electron chi connectivity index (χ2n) is 4.92. The van der Waals surface area contributed by atoms with Crippen LogP contribution in [0.25, 0.3) is 10.6 Å². The number of ether oxygens (including phenoxy) is 1. The molecule has 0 spiro atoms. The van der Waals surface area contributed by atoms with Crippen molar-refractivity contribution in [3.63, 3.8) is 0 Å². The zero-order chi connectivity index (χ0) is 13.9. The Kier molecular flexibility index (Phi) is 3.98. The second kappa shape index (κ2) is 5.89. The SMILES string of the molecule is CCNC1CCCc2nc(-c3ccc(OC)nc3)sc21. The number of thiazole rings is 1. The summed E-state index contributed by atoms with van der Waals surface area (Å²) in [5.74, 6) is 0.639. The number of hydrogen-bond donors (Lipinski definition) is 1. The van der Waals surface area contributed by atoms with Crippen molar-refractivity contribution in [2.45, 2.75) is 32.2 Å². The lowest BCUT2D eigenvalue weighted by atomic mass is 9.98. The maximum Gasteiger partial charge on any atom is 0.212 e. The number of nitrogens with one attached hydrogen (secondary N) is 1. The van der Waals surface area contributed by atoms with Gasteiger partial charge in [0, 0.05) is 28.7 Å². The van der Waals surface area contributed by atoms with Crippen LogP contribution in [0.3, 0.4) is 0 Å². The molecule has 4 nitrogen and oxygen atoms in total. The smallest absolute Gasteiger partial charge is 0.212 e. The molecule has 0 saturated carbocycles. The normalized spacial score (nSPS) is 17.8. The van der Waals surface area contributed by atoms with E-state index in [2.05, 4.69) is 17.2 Å². The van der Waals surface area contributed by atoms with E-state index in [1.165, 1.54) is 23.4 Å². The van der Waals surface area contributed by atoms with E-state index < -0.39 is 0 Å². The van der Waals surface area contributed by atoms with Crippen molar-refractivity contribution in [3.8, 4) is 16.5 Å². The third-order valence-corrected chi connectivity index (χ3v) is 4.85. The summed E-state index contributed by atoms with van der Waals surface area (Å²) < 4.78 is 5.10. The van der Waals surface area contributed by atoms with Gasteiger partial charge in [-0.2, -0.15) is 0 Å². The van der Waals surface area contributed by atoms with Crippen molar-refractivity contribution in [1.29, 1.82) is 0 Å². The lowest BCUT2D eigenvalue weighted by Gasteiger charge is -2.21. The summed E-state index contributed by atoms with van der Waals surface area (Å²) in [6, 6.07) is 4.39. The maximum absolute atomic E-state index is 5.10. The van der Waals surface area contributed by atoms with Crippen molar-refractivity contribution in [1.82, 2.24) is 15.3 Å². The lowest BCUT2D eigenvalue weighted by Crippen LogP contribution is -2.23. The van der Waals surface area contributed by atoms with E-state index in [4.69, 9.17) is 9.72 Å². The molecule has 2 heterocycles. The topological polar surface area (TPSA) is 47.0 Å². The number of nitrogens with zero attached hydrogens (tertiary/aromatic N) is 2. The zero-order valence-corrected chi connectivity index (χ0v) is 12.7. The van der Waals surface area contributed by atoms with Gasteiger partial charge in [-0.25, -0.2) is 9.97 Å². The Balaban J connectivity index is 1.91. The highest BCUT2D eigenvalue weighted by molar-refractivity contribution is 7.15. The minimum atomic E-state index is 0.473. The average molecular weight is 289 g/mol. The van der Waals surface area contributed by atoms with Gasteiger partial charge in [0.2, 0.25) is 5.88 Å². The second-order valence-corrected chi connectivity index (χ2v) is 5.95. The fourth-order valence-electron chi connectivity index (χ4n) is 2.61. The standard InChI is InChI=1S/C15H19N3OS/c1-3-16-11-5-4-6-12-14(11)20-15(18-12)10-7-8-13(19-2)17-9-10/h7-9,11,16H,3-6H2,1-2H3. The molecule has 2 aromatic rings. The van der Waals surface area contributed by atoms with E-state index in [0.717, 1.165) is 23.5 Å². The molecule has 20 heavy (non-hydrogen) atoms. The molecule has 1 aliphatic carbocycles. The molecule has 2 aromatic heterocycles. The number of methoxy groups -OCH3 is 1. The first-order valence-corrected chi connectivity index (χ1v) is 7.87. The molecule has 1 atom stereocenters. The highest BCUT2D eigenvalue weighted by Gasteiger charge is 2.24. The van der Waals surface area contributed by atoms with Crippen LogP contribution in [-0.4, -0.2) is 23.6 Å². The van der Waals surface area contributed by atoms with Gasteiger partial charge < -0.3 is 10.1 Å². The summed E-state index contributed by atoms with van der Waals surface area (Å²) >= 11 is 1.80. The van der Waals surface area contributed by atoms with Crippen LogP contribution < -0.4 is 10.1 Å². The van der Waals surface area contributed by atoms with Crippen LogP contribution in [0, 0.1) is 0 Å². The Bertz CT molecular complexity index is 579. The maximum atomic E-state index is 5.10. The average Bonchev–Trinajstić information content (AvgIpc) is 2.93. The molecule has 0 aliphatic heterocycles. The molecule has 106 valence electrons. The first kappa shape index (κ1) is 13.5. The van der Waals surface area contributed by atoms with Crippen molar-refractivity contribution in [2.24, 2.45) is 0 Å². The highest BCUT2D eigenvalue weighted by atomic mass is 32.1. The molecule has 5 heteroatoms. The molecule has 1 N–H and O–H groups in total. The quantitative estimate of drug-likeness (QED) is 0.939. The lowest BCUT2D eigenvalue weighted by molar-refractivity contribution is 0.398. The number of aryl methyl sites for hydroxylation is 1. The van der Waals surface area contributed by atoms with Crippen molar-refractivity contribution < 1.29 is 4.74 Å². The largest absolute Gasteiger partial charge is 0.481 e. The monoisotopic (exact) mass is 289 g/mol. The number of pyridine rings is 1. The summed E-state index contributed by atoms with van der Waals surface area (Å²) in [4.78, 5) is 10.5. The molecule has 0 radical (unpaired) electrons. The van der Waals surface area contributed by atoms with Crippen molar-refractivity contribution >= 4 is 11.3 Å². The van der Waals surface area contributed by atoms with Crippen LogP contribution in [0.1, 0.15) is 36.4 Å². The molecule has 0 bridgehead atoms. The Morgan fingerprint density at radius 2 is 2.35 bits per heavy atom. The van der Waals surface area contributed by atoms with Crippen LogP contribution in [-0.2, 0) is 6.42 Å². The van der Waals surface area contributed by atoms with Gasteiger partial charge in [0.25, 0.3) is 0 Å². The van der Waals surface area contributed by atoms with Crippen LogP contribution in [0.4, 0.5) is 0 Å². The zero-order valence-electron chi connectivity index (χ0n) is 11.8. The molecule has 1 aliphatic rings. The van der Waals surface area contributed by atoms with Crippen molar-refractivity contribution in [2.75, 3.05) is 13.7 Å². The Morgan fingerprint density at radius 3 is 3.05 bits per heavy atom. The summed E-state index contributed by atoms with van der Waals surface area (Å²) in [7, 11) is 1.63. The van der Waals surface area contributed by atoms with E-state index in [0.29, 0.717) is 11.9 Å². The van der Waals surface area contributed by atoms with E-state index in [1.807, 2.05) is 18.3 Å². The highest BCUT2D eigenvalue weighted by Crippen LogP contribution is 2.37. The number of rotatable bonds is 4. The Morgan fingerprint density at radius 1 is 1.45 bits per heavy atom. The summed E-state index contributed by atoms with van der Waals surface area (Å²) in [5.41, 5.74) is 2.33. The summed E-state index contributed by atoms with van der Waals surface area (Å²) in [6.07, 6.45) is 5.36. The van der Waals surface area contributed by atoms with Gasteiger partial charge in [0.05, 0.1) is 12.8 Å². The van der Waals surface area contributed by atoms with Gasteiger partial charge in [0.15, 0.2) is 0 Å². The van der Waals surface area contributed by atoms with Crippen molar-refractivity contribution in [3.05, 3.63) is 28.9 Å². The third-order valence-electron chi connectivity index (χ3n) is 3.59. The molecular formula is C15H19N3OS. The fourth-order valence-corrected chi connectivity index (χ4v) is 3.82. The van der Waals surface area contributed by atoms with Gasteiger partial charge in [-0.3, -0.25) is 0 Å². The fraction of sp³-hybridized carbons (Fsp3) is 0.467. The Hall–Kier alpha value is -1.46. The molecule has 0 saturated heterocycles. The Labute approximate surface area is 123 Å². The van der Waals surface area contributed by atoms with Gasteiger partial charge >= 0.3 is 0 Å². The molecule has 1 unspecified atom stereocenters. The van der Waals surface area contributed by atoms with Gasteiger partial charge in [0.1, 0.15) is 5.01 Å². The third kappa shape index (κ3) is 2.55. The van der Waals surface area contributed by atoms with Gasteiger partial charge in [-0.1, -0.05) is 6.92 Å². The number of fused-ring (bicyclic) bond motifs is 1. The number of aromatic nitrogens is 2. The summed E-state index contributed by atoms with van der Waals surface area (Å²) in [6.45, 7) is 3.16. The molecule has 0 fully saturated rings. The van der Waals surface area contributed by atoms with E-state index in [1.54, 1.807) is 18.4 Å². The van der Waals surface area contributed by atoms with Gasteiger partial charge in [-0.15, -0.1) is 11.3 Å². The number of hydrogen-bond acceptors (Lipinski definition) is 5. The van der Waals surface area contributed by atoms with E-state index in [-0.39, 0.29) is 0 Å².